The molecule has 1 heterocycles. The molecule has 1 saturated heterocycles. The van der Waals surface area contributed by atoms with Crippen LogP contribution in [0.1, 0.15) is 36.7 Å². The lowest BCUT2D eigenvalue weighted by atomic mass is 10.1. The first-order valence-corrected chi connectivity index (χ1v) is 7.80. The molecule has 126 valence electrons. The van der Waals surface area contributed by atoms with Crippen molar-refractivity contribution in [1.29, 1.82) is 0 Å². The lowest BCUT2D eigenvalue weighted by molar-refractivity contribution is 0.00694. The van der Waals surface area contributed by atoms with E-state index in [-0.39, 0.29) is 5.97 Å². The summed E-state index contributed by atoms with van der Waals surface area (Å²) in [4.78, 5) is 18.5. The van der Waals surface area contributed by atoms with Crippen molar-refractivity contribution >= 4 is 11.9 Å². The van der Waals surface area contributed by atoms with Gasteiger partial charge >= 0.3 is 5.97 Å². The topological polar surface area (TPSA) is 77.1 Å². The van der Waals surface area contributed by atoms with E-state index in [0.29, 0.717) is 31.3 Å². The Morgan fingerprint density at radius 1 is 1.35 bits per heavy atom. The number of nitrogens with two attached hydrogens (primary N) is 1. The van der Waals surface area contributed by atoms with Gasteiger partial charge in [0, 0.05) is 13.1 Å². The van der Waals surface area contributed by atoms with E-state index in [1.165, 1.54) is 0 Å². The quantitative estimate of drug-likeness (QED) is 0.522. The standard InChI is InChI=1S/C17H25N3O3/c1-17(2,3)23-15(21)14-6-4-5-13(11-14)12-19-16(18)20-7-9-22-10-8-20/h4-6,11H,7-10,12H2,1-3H3,(H2,18,19). The normalized spacial score (nSPS) is 16.3. The van der Waals surface area contributed by atoms with Crippen molar-refractivity contribution < 1.29 is 14.3 Å². The van der Waals surface area contributed by atoms with Gasteiger partial charge in [0.15, 0.2) is 5.96 Å². The van der Waals surface area contributed by atoms with Crippen molar-refractivity contribution in [3.63, 3.8) is 0 Å². The summed E-state index contributed by atoms with van der Waals surface area (Å²) in [7, 11) is 0. The van der Waals surface area contributed by atoms with Crippen LogP contribution in [0.2, 0.25) is 0 Å². The van der Waals surface area contributed by atoms with Gasteiger partial charge < -0.3 is 20.1 Å². The molecule has 1 aliphatic rings. The second-order valence-electron chi connectivity index (χ2n) is 6.48. The van der Waals surface area contributed by atoms with E-state index in [2.05, 4.69) is 4.99 Å². The van der Waals surface area contributed by atoms with Crippen LogP contribution in [0.15, 0.2) is 29.3 Å². The van der Waals surface area contributed by atoms with Crippen LogP contribution in [-0.2, 0) is 16.0 Å². The summed E-state index contributed by atoms with van der Waals surface area (Å²) < 4.78 is 10.7. The highest BCUT2D eigenvalue weighted by Gasteiger charge is 2.18. The van der Waals surface area contributed by atoms with Crippen LogP contribution in [0.25, 0.3) is 0 Å². The molecule has 1 aromatic carbocycles. The number of rotatable bonds is 3. The maximum Gasteiger partial charge on any atom is 0.338 e. The summed E-state index contributed by atoms with van der Waals surface area (Å²) in [6.45, 7) is 8.83. The first kappa shape index (κ1) is 17.3. The third-order valence-electron chi connectivity index (χ3n) is 3.32. The van der Waals surface area contributed by atoms with Gasteiger partial charge in [-0.1, -0.05) is 12.1 Å². The van der Waals surface area contributed by atoms with Crippen LogP contribution >= 0.6 is 0 Å². The average Bonchev–Trinajstić information content (AvgIpc) is 2.52. The third-order valence-corrected chi connectivity index (χ3v) is 3.32. The molecule has 1 aliphatic heterocycles. The van der Waals surface area contributed by atoms with E-state index in [1.54, 1.807) is 12.1 Å². The summed E-state index contributed by atoms with van der Waals surface area (Å²) in [5.41, 5.74) is 6.94. The zero-order valence-electron chi connectivity index (χ0n) is 14.0. The summed E-state index contributed by atoms with van der Waals surface area (Å²) in [6, 6.07) is 7.29. The number of carbonyl (C=O) groups is 1. The summed E-state index contributed by atoms with van der Waals surface area (Å²) in [5, 5.41) is 0. The molecule has 6 nitrogen and oxygen atoms in total. The zero-order valence-corrected chi connectivity index (χ0v) is 14.0. The summed E-state index contributed by atoms with van der Waals surface area (Å²) in [6.07, 6.45) is 0. The smallest absolute Gasteiger partial charge is 0.338 e. The predicted molar refractivity (Wildman–Crippen MR) is 89.3 cm³/mol. The second kappa shape index (κ2) is 7.46. The number of esters is 1. The number of guanidine groups is 1. The van der Waals surface area contributed by atoms with Crippen molar-refractivity contribution in [2.24, 2.45) is 10.7 Å². The third kappa shape index (κ3) is 5.56. The first-order chi connectivity index (χ1) is 10.8. The van der Waals surface area contributed by atoms with Gasteiger partial charge in [-0.3, -0.25) is 0 Å². The van der Waals surface area contributed by atoms with Gasteiger partial charge in [0.2, 0.25) is 0 Å². The Hall–Kier alpha value is -2.08. The van der Waals surface area contributed by atoms with Crippen molar-refractivity contribution in [3.05, 3.63) is 35.4 Å². The molecule has 2 rings (SSSR count). The number of benzene rings is 1. The Bertz CT molecular complexity index is 573. The predicted octanol–water partition coefficient (Wildman–Crippen LogP) is 1.79. The van der Waals surface area contributed by atoms with Crippen molar-refractivity contribution in [2.45, 2.75) is 32.9 Å². The van der Waals surface area contributed by atoms with Crippen LogP contribution in [0.4, 0.5) is 0 Å². The van der Waals surface area contributed by atoms with Crippen molar-refractivity contribution in [1.82, 2.24) is 4.90 Å². The molecule has 0 bridgehead atoms. The van der Waals surface area contributed by atoms with E-state index in [1.807, 2.05) is 37.8 Å². The fourth-order valence-corrected chi connectivity index (χ4v) is 2.20. The molecule has 0 radical (unpaired) electrons. The molecule has 0 amide bonds. The maximum atomic E-state index is 12.1. The Labute approximate surface area is 137 Å². The number of aliphatic imine (C=N–C) groups is 1. The van der Waals surface area contributed by atoms with Crippen molar-refractivity contribution in [3.8, 4) is 0 Å². The molecule has 0 unspecified atom stereocenters. The fraction of sp³-hybridized carbons (Fsp3) is 0.529. The summed E-state index contributed by atoms with van der Waals surface area (Å²) >= 11 is 0. The number of morpholine rings is 1. The van der Waals surface area contributed by atoms with Crippen LogP contribution in [0.3, 0.4) is 0 Å². The van der Waals surface area contributed by atoms with Crippen LogP contribution < -0.4 is 5.73 Å². The van der Waals surface area contributed by atoms with Gasteiger partial charge in [0.25, 0.3) is 0 Å². The number of ether oxygens (including phenoxy) is 2. The van der Waals surface area contributed by atoms with E-state index >= 15 is 0 Å². The highest BCUT2D eigenvalue weighted by atomic mass is 16.6. The maximum absolute atomic E-state index is 12.1. The van der Waals surface area contributed by atoms with E-state index < -0.39 is 5.60 Å². The summed E-state index contributed by atoms with van der Waals surface area (Å²) in [5.74, 6) is 0.181. The minimum absolute atomic E-state index is 0.329. The molecule has 0 aromatic heterocycles. The first-order valence-electron chi connectivity index (χ1n) is 7.80. The van der Waals surface area contributed by atoms with Gasteiger partial charge in [-0.25, -0.2) is 9.79 Å². The van der Waals surface area contributed by atoms with E-state index in [9.17, 15) is 4.79 Å². The average molecular weight is 319 g/mol. The monoisotopic (exact) mass is 319 g/mol. The van der Waals surface area contributed by atoms with Gasteiger partial charge in [0.05, 0.1) is 25.3 Å². The Morgan fingerprint density at radius 3 is 2.70 bits per heavy atom. The van der Waals surface area contributed by atoms with E-state index in [4.69, 9.17) is 15.2 Å². The van der Waals surface area contributed by atoms with E-state index in [0.717, 1.165) is 18.7 Å². The highest BCUT2D eigenvalue weighted by molar-refractivity contribution is 5.89. The molecule has 0 aliphatic carbocycles. The van der Waals surface area contributed by atoms with Crippen LogP contribution in [-0.4, -0.2) is 48.7 Å². The largest absolute Gasteiger partial charge is 0.456 e. The minimum Gasteiger partial charge on any atom is -0.456 e. The lowest BCUT2D eigenvalue weighted by Crippen LogP contribution is -2.44. The molecule has 0 atom stereocenters. The highest BCUT2D eigenvalue weighted by Crippen LogP contribution is 2.14. The van der Waals surface area contributed by atoms with Gasteiger partial charge in [-0.15, -0.1) is 0 Å². The van der Waals surface area contributed by atoms with Crippen molar-refractivity contribution in [2.75, 3.05) is 26.3 Å². The van der Waals surface area contributed by atoms with Gasteiger partial charge in [0.1, 0.15) is 5.60 Å². The number of hydrogen-bond acceptors (Lipinski definition) is 4. The zero-order chi connectivity index (χ0) is 16.9. The Balaban J connectivity index is 2.00. The van der Waals surface area contributed by atoms with Crippen LogP contribution in [0, 0.1) is 0 Å². The molecule has 23 heavy (non-hydrogen) atoms. The molecule has 1 aromatic rings. The molecule has 1 fully saturated rings. The number of hydrogen-bond donors (Lipinski definition) is 1. The van der Waals surface area contributed by atoms with Crippen LogP contribution in [0.5, 0.6) is 0 Å². The van der Waals surface area contributed by atoms with Gasteiger partial charge in [-0.2, -0.15) is 0 Å². The molecule has 2 N–H and O–H groups in total. The molecular formula is C17H25N3O3. The minimum atomic E-state index is -0.508. The van der Waals surface area contributed by atoms with Gasteiger partial charge in [-0.05, 0) is 38.5 Å². The number of carbonyl (C=O) groups excluding carboxylic acids is 1. The SMILES string of the molecule is CC(C)(C)OC(=O)c1cccc(CN=C(N)N2CCOCC2)c1. The molecule has 0 saturated carbocycles. The fourth-order valence-electron chi connectivity index (χ4n) is 2.20. The Kier molecular flexibility index (Phi) is 5.60. The lowest BCUT2D eigenvalue weighted by Gasteiger charge is -2.27. The second-order valence-corrected chi connectivity index (χ2v) is 6.48. The molecule has 6 heteroatoms. The Morgan fingerprint density at radius 2 is 2.04 bits per heavy atom. The molecule has 0 spiro atoms. The molecular weight excluding hydrogens is 294 g/mol. The number of nitrogens with zero attached hydrogens (tertiary/aromatic N) is 2.